The Morgan fingerprint density at radius 1 is 1.42 bits per heavy atom. The molecule has 1 heterocycles. The predicted octanol–water partition coefficient (Wildman–Crippen LogP) is 2.37. The van der Waals surface area contributed by atoms with Crippen LogP contribution in [0, 0.1) is 0 Å². The van der Waals surface area contributed by atoms with E-state index < -0.39 is 11.9 Å². The number of hydrogen-bond donors (Lipinski definition) is 1. The van der Waals surface area contributed by atoms with E-state index in [4.69, 9.17) is 16.0 Å². The second kappa shape index (κ2) is 5.53. The highest BCUT2D eigenvalue weighted by molar-refractivity contribution is 6.34. The van der Waals surface area contributed by atoms with Crippen molar-refractivity contribution in [3.05, 3.63) is 47.1 Å². The number of hydrogen-bond acceptors (Lipinski definition) is 5. The van der Waals surface area contributed by atoms with Gasteiger partial charge in [-0.05, 0) is 18.2 Å². The molecule has 0 aliphatic heterocycles. The molecular formula is C12H9ClN2O4. The number of amides is 1. The molecule has 0 saturated heterocycles. The summed E-state index contributed by atoms with van der Waals surface area (Å²) in [6.45, 7) is 0. The van der Waals surface area contributed by atoms with E-state index in [1.165, 1.54) is 31.6 Å². The van der Waals surface area contributed by atoms with E-state index in [1.54, 1.807) is 0 Å². The molecule has 0 aliphatic rings. The van der Waals surface area contributed by atoms with Gasteiger partial charge in [0.2, 0.25) is 0 Å². The van der Waals surface area contributed by atoms with Crippen molar-refractivity contribution in [1.29, 1.82) is 0 Å². The predicted molar refractivity (Wildman–Crippen MR) is 67.2 cm³/mol. The van der Waals surface area contributed by atoms with Crippen LogP contribution < -0.4 is 5.32 Å². The molecule has 0 aliphatic carbocycles. The number of nitrogens with zero attached hydrogens (tertiary/aromatic N) is 1. The summed E-state index contributed by atoms with van der Waals surface area (Å²) in [6.07, 6.45) is 2.34. The fraction of sp³-hybridized carbons (Fsp3) is 0.0833. The van der Waals surface area contributed by atoms with Gasteiger partial charge in [0.1, 0.15) is 6.26 Å². The lowest BCUT2D eigenvalue weighted by Crippen LogP contribution is -2.13. The standard InChI is InChI=1S/C12H9ClN2O4/c1-18-12(17)7-2-3-8(13)9(4-7)15-11(16)10-5-19-6-14-10/h2-6H,1H3,(H,15,16). The van der Waals surface area contributed by atoms with Crippen molar-refractivity contribution in [2.45, 2.75) is 0 Å². The quantitative estimate of drug-likeness (QED) is 0.873. The van der Waals surface area contributed by atoms with Gasteiger partial charge in [-0.25, -0.2) is 9.78 Å². The van der Waals surface area contributed by atoms with Gasteiger partial charge in [-0.2, -0.15) is 0 Å². The minimum atomic E-state index is -0.520. The van der Waals surface area contributed by atoms with Crippen molar-refractivity contribution in [1.82, 2.24) is 4.98 Å². The number of anilines is 1. The maximum Gasteiger partial charge on any atom is 0.337 e. The van der Waals surface area contributed by atoms with Crippen LogP contribution in [0.25, 0.3) is 0 Å². The SMILES string of the molecule is COC(=O)c1ccc(Cl)c(NC(=O)c2cocn2)c1. The van der Waals surface area contributed by atoms with Crippen LogP contribution in [0.4, 0.5) is 5.69 Å². The smallest absolute Gasteiger partial charge is 0.337 e. The number of oxazole rings is 1. The molecule has 0 atom stereocenters. The summed E-state index contributed by atoms with van der Waals surface area (Å²) >= 11 is 5.94. The Labute approximate surface area is 113 Å². The van der Waals surface area contributed by atoms with E-state index in [2.05, 4.69) is 15.0 Å². The largest absolute Gasteiger partial charge is 0.465 e. The first kappa shape index (κ1) is 13.1. The van der Waals surface area contributed by atoms with Gasteiger partial charge in [0.15, 0.2) is 12.1 Å². The molecule has 1 aromatic carbocycles. The van der Waals surface area contributed by atoms with E-state index in [0.29, 0.717) is 5.02 Å². The summed E-state index contributed by atoms with van der Waals surface area (Å²) in [4.78, 5) is 26.9. The van der Waals surface area contributed by atoms with Crippen molar-refractivity contribution < 1.29 is 18.7 Å². The second-order valence-corrected chi connectivity index (χ2v) is 3.92. The number of nitrogens with one attached hydrogen (secondary N) is 1. The molecule has 0 spiro atoms. The lowest BCUT2D eigenvalue weighted by molar-refractivity contribution is 0.0600. The first-order chi connectivity index (χ1) is 9.11. The number of esters is 1. The van der Waals surface area contributed by atoms with Crippen molar-refractivity contribution in [3.63, 3.8) is 0 Å². The topological polar surface area (TPSA) is 81.4 Å². The van der Waals surface area contributed by atoms with E-state index in [9.17, 15) is 9.59 Å². The molecule has 0 fully saturated rings. The van der Waals surface area contributed by atoms with Gasteiger partial charge in [0, 0.05) is 0 Å². The molecule has 2 aromatic rings. The molecule has 6 nitrogen and oxygen atoms in total. The van der Waals surface area contributed by atoms with E-state index >= 15 is 0 Å². The van der Waals surface area contributed by atoms with Crippen LogP contribution in [-0.2, 0) is 4.74 Å². The van der Waals surface area contributed by atoms with E-state index in [0.717, 1.165) is 6.39 Å². The molecular weight excluding hydrogens is 272 g/mol. The minimum Gasteiger partial charge on any atom is -0.465 e. The van der Waals surface area contributed by atoms with Gasteiger partial charge in [-0.3, -0.25) is 4.79 Å². The highest BCUT2D eigenvalue weighted by Crippen LogP contribution is 2.24. The fourth-order valence-corrected chi connectivity index (χ4v) is 1.54. The highest BCUT2D eigenvalue weighted by Gasteiger charge is 2.13. The summed E-state index contributed by atoms with van der Waals surface area (Å²) in [5.74, 6) is -1.01. The van der Waals surface area contributed by atoms with Gasteiger partial charge >= 0.3 is 5.97 Å². The molecule has 1 aromatic heterocycles. The van der Waals surface area contributed by atoms with Crippen LogP contribution in [0.3, 0.4) is 0 Å². The zero-order valence-corrected chi connectivity index (χ0v) is 10.6. The number of carbonyl (C=O) groups excluding carboxylic acids is 2. The van der Waals surface area contributed by atoms with Crippen molar-refractivity contribution >= 4 is 29.2 Å². The first-order valence-corrected chi connectivity index (χ1v) is 5.57. The molecule has 19 heavy (non-hydrogen) atoms. The van der Waals surface area contributed by atoms with Crippen LogP contribution in [-0.4, -0.2) is 24.0 Å². The maximum absolute atomic E-state index is 11.8. The van der Waals surface area contributed by atoms with Crippen LogP contribution in [0.1, 0.15) is 20.8 Å². The molecule has 2 rings (SSSR count). The van der Waals surface area contributed by atoms with E-state index in [-0.39, 0.29) is 16.9 Å². The lowest BCUT2D eigenvalue weighted by atomic mass is 10.2. The number of rotatable bonds is 3. The average Bonchev–Trinajstić information content (AvgIpc) is 2.94. The third-order valence-electron chi connectivity index (χ3n) is 2.30. The Kier molecular flexibility index (Phi) is 3.82. The van der Waals surface area contributed by atoms with Crippen LogP contribution in [0.2, 0.25) is 5.02 Å². The maximum atomic E-state index is 11.8. The second-order valence-electron chi connectivity index (χ2n) is 3.51. The molecule has 0 saturated carbocycles. The van der Waals surface area contributed by atoms with Gasteiger partial charge in [0.05, 0.1) is 23.4 Å². The fourth-order valence-electron chi connectivity index (χ4n) is 1.38. The van der Waals surface area contributed by atoms with Crippen molar-refractivity contribution in [2.75, 3.05) is 12.4 Å². The summed E-state index contributed by atoms with van der Waals surface area (Å²) in [7, 11) is 1.27. The molecule has 1 amide bonds. The average molecular weight is 281 g/mol. The van der Waals surface area contributed by atoms with Crippen molar-refractivity contribution in [3.8, 4) is 0 Å². The number of methoxy groups -OCH3 is 1. The third kappa shape index (κ3) is 2.92. The molecule has 1 N–H and O–H groups in total. The monoisotopic (exact) mass is 280 g/mol. The summed E-state index contributed by atoms with van der Waals surface area (Å²) in [5.41, 5.74) is 0.680. The molecule has 98 valence electrons. The van der Waals surface area contributed by atoms with E-state index in [1.807, 2.05) is 0 Å². The van der Waals surface area contributed by atoms with Gasteiger partial charge < -0.3 is 14.5 Å². The lowest BCUT2D eigenvalue weighted by Gasteiger charge is -2.07. The number of halogens is 1. The van der Waals surface area contributed by atoms with Gasteiger partial charge in [-0.1, -0.05) is 11.6 Å². The summed E-state index contributed by atoms with van der Waals surface area (Å²) in [5, 5.41) is 2.83. The normalized spacial score (nSPS) is 10.0. The van der Waals surface area contributed by atoms with Crippen LogP contribution in [0.5, 0.6) is 0 Å². The highest BCUT2D eigenvalue weighted by atomic mass is 35.5. The Morgan fingerprint density at radius 2 is 2.21 bits per heavy atom. The van der Waals surface area contributed by atoms with Crippen molar-refractivity contribution in [2.24, 2.45) is 0 Å². The van der Waals surface area contributed by atoms with Gasteiger partial charge in [0.25, 0.3) is 5.91 Å². The Morgan fingerprint density at radius 3 is 2.84 bits per heavy atom. The molecule has 7 heteroatoms. The first-order valence-electron chi connectivity index (χ1n) is 5.19. The van der Waals surface area contributed by atoms with Crippen LogP contribution >= 0.6 is 11.6 Å². The molecule has 0 bridgehead atoms. The zero-order chi connectivity index (χ0) is 13.8. The Bertz CT molecular complexity index is 610. The zero-order valence-electron chi connectivity index (χ0n) is 9.84. The number of carbonyl (C=O) groups is 2. The molecule has 0 unspecified atom stereocenters. The number of aromatic nitrogens is 1. The third-order valence-corrected chi connectivity index (χ3v) is 2.63. The van der Waals surface area contributed by atoms with Crippen LogP contribution in [0.15, 0.2) is 35.3 Å². The minimum absolute atomic E-state index is 0.111. The summed E-state index contributed by atoms with van der Waals surface area (Å²) in [6, 6.07) is 4.41. The Hall–Kier alpha value is -2.34. The number of benzene rings is 1. The van der Waals surface area contributed by atoms with Gasteiger partial charge in [-0.15, -0.1) is 0 Å². The Balaban J connectivity index is 2.24. The molecule has 0 radical (unpaired) electrons. The summed E-state index contributed by atoms with van der Waals surface area (Å²) < 4.78 is 9.29. The number of ether oxygens (including phenoxy) is 1.